The minimum absolute atomic E-state index is 0.108. The van der Waals surface area contributed by atoms with Crippen molar-refractivity contribution in [2.45, 2.75) is 95.4 Å². The molecule has 6 rings (SSSR count). The minimum Gasteiger partial charge on any atom is -0.472 e. The molecule has 0 bridgehead atoms. The second-order valence-electron chi connectivity index (χ2n) is 12.5. The molecule has 2 heterocycles. The number of rotatable bonds is 5. The molecule has 5 aliphatic rings. The highest BCUT2D eigenvalue weighted by Gasteiger charge is 2.72. The standard InChI is InChI=1S/C29H43NO4/c1-26-10-7-23(31)19-21(26)5-6-25-24(26)8-11-27(2)28(25,32)12-13-29(27,22-9-17-33-20-22)34-18-16-30-14-3-4-15-30/h5,9,17,20,23-25,31-32H,3-4,6-8,10-16,18-19H2,1-2H3/t23?,24-,25-,26+,27+,28-,29?/m1/s1. The minimum atomic E-state index is -0.762. The third kappa shape index (κ3) is 3.12. The first-order valence-corrected chi connectivity index (χ1v) is 13.8. The van der Waals surface area contributed by atoms with Gasteiger partial charge in [-0.15, -0.1) is 0 Å². The number of aliphatic hydroxyl groups excluding tert-OH is 1. The molecule has 5 nitrogen and oxygen atoms in total. The van der Waals surface area contributed by atoms with Crippen molar-refractivity contribution in [3.63, 3.8) is 0 Å². The lowest BCUT2D eigenvalue weighted by Gasteiger charge is -2.62. The fraction of sp³-hybridized carbons (Fsp3) is 0.793. The molecule has 188 valence electrons. The molecule has 0 radical (unpaired) electrons. The van der Waals surface area contributed by atoms with Crippen LogP contribution >= 0.6 is 0 Å². The van der Waals surface area contributed by atoms with Crippen LogP contribution in [0.25, 0.3) is 0 Å². The molecule has 4 aliphatic carbocycles. The topological polar surface area (TPSA) is 66.1 Å². The first-order chi connectivity index (χ1) is 16.3. The molecule has 1 saturated heterocycles. The maximum Gasteiger partial charge on any atom is 0.104 e. The molecule has 0 aromatic carbocycles. The predicted molar refractivity (Wildman–Crippen MR) is 131 cm³/mol. The van der Waals surface area contributed by atoms with Crippen LogP contribution < -0.4 is 0 Å². The number of nitrogens with zero attached hydrogens (tertiary/aromatic N) is 1. The van der Waals surface area contributed by atoms with Gasteiger partial charge in [-0.3, -0.25) is 0 Å². The number of aliphatic hydroxyl groups is 2. The Bertz CT molecular complexity index is 923. The van der Waals surface area contributed by atoms with E-state index in [1.807, 2.05) is 6.26 Å². The van der Waals surface area contributed by atoms with Crippen LogP contribution in [-0.4, -0.2) is 53.1 Å². The van der Waals surface area contributed by atoms with E-state index in [2.05, 4.69) is 30.9 Å². The van der Waals surface area contributed by atoms with Gasteiger partial charge in [0.15, 0.2) is 0 Å². The van der Waals surface area contributed by atoms with E-state index in [0.717, 1.165) is 63.5 Å². The number of furan rings is 1. The fourth-order valence-corrected chi connectivity index (χ4v) is 9.23. The lowest BCUT2D eigenvalue weighted by Crippen LogP contribution is -2.63. The zero-order valence-corrected chi connectivity index (χ0v) is 21.1. The maximum absolute atomic E-state index is 12.7. The Morgan fingerprint density at radius 3 is 2.68 bits per heavy atom. The van der Waals surface area contributed by atoms with Crippen LogP contribution in [0.4, 0.5) is 0 Å². The fourth-order valence-electron chi connectivity index (χ4n) is 9.23. The molecular formula is C29H43NO4. The molecule has 0 amide bonds. The van der Waals surface area contributed by atoms with Crippen LogP contribution in [0.15, 0.2) is 34.7 Å². The van der Waals surface area contributed by atoms with Crippen molar-refractivity contribution >= 4 is 0 Å². The molecule has 0 spiro atoms. The van der Waals surface area contributed by atoms with E-state index in [4.69, 9.17) is 9.15 Å². The number of likely N-dealkylation sites (tertiary alicyclic amines) is 1. The van der Waals surface area contributed by atoms with Gasteiger partial charge in [0.25, 0.3) is 0 Å². The summed E-state index contributed by atoms with van der Waals surface area (Å²) in [6, 6.07) is 2.07. The maximum atomic E-state index is 12.7. The highest BCUT2D eigenvalue weighted by molar-refractivity contribution is 5.34. The van der Waals surface area contributed by atoms with E-state index in [9.17, 15) is 10.2 Å². The van der Waals surface area contributed by atoms with Gasteiger partial charge in [-0.25, -0.2) is 0 Å². The van der Waals surface area contributed by atoms with Gasteiger partial charge in [0, 0.05) is 17.5 Å². The summed E-state index contributed by atoms with van der Waals surface area (Å²) in [6.45, 7) is 8.74. The van der Waals surface area contributed by atoms with Gasteiger partial charge >= 0.3 is 0 Å². The van der Waals surface area contributed by atoms with E-state index < -0.39 is 11.2 Å². The summed E-state index contributed by atoms with van der Waals surface area (Å²) in [4.78, 5) is 2.51. The molecule has 7 atom stereocenters. The van der Waals surface area contributed by atoms with Gasteiger partial charge in [-0.05, 0) is 101 Å². The van der Waals surface area contributed by atoms with E-state index in [-0.39, 0.29) is 22.9 Å². The molecule has 5 heteroatoms. The van der Waals surface area contributed by atoms with Crippen LogP contribution in [0.1, 0.15) is 83.6 Å². The van der Waals surface area contributed by atoms with Gasteiger partial charge in [0.2, 0.25) is 0 Å². The van der Waals surface area contributed by atoms with Gasteiger partial charge < -0.3 is 24.3 Å². The lowest BCUT2D eigenvalue weighted by molar-refractivity contribution is -0.233. The summed E-state index contributed by atoms with van der Waals surface area (Å²) in [5.74, 6) is 0.717. The van der Waals surface area contributed by atoms with Crippen LogP contribution in [0.2, 0.25) is 0 Å². The summed E-state index contributed by atoms with van der Waals surface area (Å²) in [5.41, 5.74) is 1.03. The number of allylic oxidation sites excluding steroid dienone is 1. The first kappa shape index (κ1) is 23.3. The van der Waals surface area contributed by atoms with Gasteiger partial charge in [-0.1, -0.05) is 25.5 Å². The molecule has 3 saturated carbocycles. The monoisotopic (exact) mass is 469 g/mol. The summed E-state index contributed by atoms with van der Waals surface area (Å²) >= 11 is 0. The average molecular weight is 470 g/mol. The van der Waals surface area contributed by atoms with Crippen LogP contribution in [0.5, 0.6) is 0 Å². The van der Waals surface area contributed by atoms with E-state index in [0.29, 0.717) is 12.5 Å². The Kier molecular flexibility index (Phi) is 5.61. The van der Waals surface area contributed by atoms with Crippen LogP contribution in [-0.2, 0) is 10.3 Å². The van der Waals surface area contributed by atoms with Gasteiger partial charge in [0.1, 0.15) is 5.60 Å². The number of hydrogen-bond donors (Lipinski definition) is 2. The largest absolute Gasteiger partial charge is 0.472 e. The summed E-state index contributed by atoms with van der Waals surface area (Å²) in [6.07, 6.45) is 15.7. The summed E-state index contributed by atoms with van der Waals surface area (Å²) in [5, 5.41) is 23.0. The van der Waals surface area contributed by atoms with E-state index >= 15 is 0 Å². The normalized spacial score (nSPS) is 46.6. The predicted octanol–water partition coefficient (Wildman–Crippen LogP) is 5.03. The molecule has 2 N–H and O–H groups in total. The Morgan fingerprint density at radius 1 is 1.09 bits per heavy atom. The third-order valence-electron chi connectivity index (χ3n) is 11.3. The zero-order valence-electron chi connectivity index (χ0n) is 21.1. The van der Waals surface area contributed by atoms with Crippen LogP contribution in [0, 0.1) is 22.7 Å². The first-order valence-electron chi connectivity index (χ1n) is 13.8. The Hall–Kier alpha value is -1.14. The van der Waals surface area contributed by atoms with Crippen molar-refractivity contribution in [1.82, 2.24) is 4.90 Å². The SMILES string of the molecule is C[C@]12CCC(O)CC1=CC[C@@H]1[C@H]2CC[C@]2(C)C(OCCN3CCCC3)(c3ccoc3)CC[C@@]12O. The van der Waals surface area contributed by atoms with Crippen molar-refractivity contribution in [3.8, 4) is 0 Å². The second-order valence-corrected chi connectivity index (χ2v) is 12.5. The van der Waals surface area contributed by atoms with Crippen molar-refractivity contribution < 1.29 is 19.4 Å². The lowest BCUT2D eigenvalue weighted by atomic mass is 9.45. The smallest absolute Gasteiger partial charge is 0.104 e. The van der Waals surface area contributed by atoms with Gasteiger partial charge in [-0.2, -0.15) is 0 Å². The molecule has 1 aromatic rings. The molecule has 1 aromatic heterocycles. The molecule has 1 aliphatic heterocycles. The number of ether oxygens (including phenoxy) is 1. The van der Waals surface area contributed by atoms with Crippen molar-refractivity contribution in [2.75, 3.05) is 26.2 Å². The van der Waals surface area contributed by atoms with E-state index in [1.54, 1.807) is 6.26 Å². The Labute approximate surface area is 204 Å². The average Bonchev–Trinajstić information content (AvgIpc) is 3.57. The molecular weight excluding hydrogens is 426 g/mol. The molecule has 2 unspecified atom stereocenters. The zero-order chi connectivity index (χ0) is 23.6. The van der Waals surface area contributed by atoms with Crippen molar-refractivity contribution in [3.05, 3.63) is 35.8 Å². The third-order valence-corrected chi connectivity index (χ3v) is 11.3. The van der Waals surface area contributed by atoms with Crippen molar-refractivity contribution in [2.24, 2.45) is 22.7 Å². The molecule has 34 heavy (non-hydrogen) atoms. The quantitative estimate of drug-likeness (QED) is 0.593. The Morgan fingerprint density at radius 2 is 1.91 bits per heavy atom. The number of fused-ring (bicyclic) bond motifs is 5. The Balaban J connectivity index is 1.33. The van der Waals surface area contributed by atoms with Gasteiger partial charge in [0.05, 0.1) is 30.8 Å². The second kappa shape index (κ2) is 8.19. The highest BCUT2D eigenvalue weighted by Crippen LogP contribution is 2.71. The van der Waals surface area contributed by atoms with Crippen molar-refractivity contribution in [1.29, 1.82) is 0 Å². The highest BCUT2D eigenvalue weighted by atomic mass is 16.5. The summed E-state index contributed by atoms with van der Waals surface area (Å²) in [7, 11) is 0. The molecule has 4 fully saturated rings. The summed E-state index contributed by atoms with van der Waals surface area (Å²) < 4.78 is 12.5. The number of hydrogen-bond acceptors (Lipinski definition) is 5. The van der Waals surface area contributed by atoms with Crippen LogP contribution in [0.3, 0.4) is 0 Å². The van der Waals surface area contributed by atoms with E-state index in [1.165, 1.54) is 31.5 Å².